The number of benzene rings is 1. The van der Waals surface area contributed by atoms with Gasteiger partial charge in [0.1, 0.15) is 29.2 Å². The van der Waals surface area contributed by atoms with Gasteiger partial charge in [0.25, 0.3) is 5.91 Å². The Morgan fingerprint density at radius 1 is 1.12 bits per heavy atom. The Hall–Kier alpha value is -3.41. The van der Waals surface area contributed by atoms with E-state index in [1.165, 1.54) is 0 Å². The van der Waals surface area contributed by atoms with E-state index < -0.39 is 5.91 Å². The molecule has 4 aromatic rings. The summed E-state index contributed by atoms with van der Waals surface area (Å²) in [6.07, 6.45) is 3.72. The molecule has 6 nitrogen and oxygen atoms in total. The van der Waals surface area contributed by atoms with E-state index in [4.69, 9.17) is 10.5 Å². The molecule has 2 N–H and O–H groups in total. The van der Waals surface area contributed by atoms with Crippen molar-refractivity contribution in [2.24, 2.45) is 5.73 Å². The van der Waals surface area contributed by atoms with Gasteiger partial charge in [0.15, 0.2) is 0 Å². The van der Waals surface area contributed by atoms with Crippen molar-refractivity contribution in [3.05, 3.63) is 72.3 Å². The van der Waals surface area contributed by atoms with E-state index in [0.29, 0.717) is 17.9 Å². The molecule has 0 aliphatic carbocycles. The molecule has 118 valence electrons. The predicted molar refractivity (Wildman–Crippen MR) is 89.8 cm³/mol. The van der Waals surface area contributed by atoms with Gasteiger partial charge in [0.05, 0.1) is 11.9 Å². The van der Waals surface area contributed by atoms with Gasteiger partial charge in [-0.2, -0.15) is 0 Å². The highest BCUT2D eigenvalue weighted by atomic mass is 16.5. The maximum Gasteiger partial charge on any atom is 0.267 e. The van der Waals surface area contributed by atoms with Gasteiger partial charge in [-0.15, -0.1) is 0 Å². The van der Waals surface area contributed by atoms with Gasteiger partial charge in [-0.05, 0) is 24.3 Å². The average molecular weight is 318 g/mol. The van der Waals surface area contributed by atoms with Crippen LogP contribution in [0.5, 0.6) is 5.75 Å². The fraction of sp³-hybridized carbons (Fsp3) is 0.0556. The minimum atomic E-state index is -0.562. The first-order valence-electron chi connectivity index (χ1n) is 7.46. The van der Waals surface area contributed by atoms with Crippen LogP contribution in [0, 0.1) is 0 Å². The monoisotopic (exact) mass is 318 g/mol. The zero-order valence-electron chi connectivity index (χ0n) is 12.7. The third kappa shape index (κ3) is 2.44. The minimum Gasteiger partial charge on any atom is -0.485 e. The number of hydrogen-bond donors (Lipinski definition) is 1. The van der Waals surface area contributed by atoms with Crippen molar-refractivity contribution in [2.75, 3.05) is 0 Å². The number of aromatic nitrogens is 3. The number of imidazole rings is 1. The molecule has 4 rings (SSSR count). The number of ether oxygens (including phenoxy) is 1. The SMILES string of the molecule is NC(=O)c1ccc2cccc(OCc3cnc4ccccn34)c2n1. The molecule has 1 amide bonds. The smallest absolute Gasteiger partial charge is 0.267 e. The van der Waals surface area contributed by atoms with Gasteiger partial charge in [0, 0.05) is 11.6 Å². The molecule has 0 fully saturated rings. The summed E-state index contributed by atoms with van der Waals surface area (Å²) in [5.41, 5.74) is 7.93. The summed E-state index contributed by atoms with van der Waals surface area (Å²) >= 11 is 0. The summed E-state index contributed by atoms with van der Waals surface area (Å²) in [4.78, 5) is 20.0. The zero-order valence-corrected chi connectivity index (χ0v) is 12.7. The minimum absolute atomic E-state index is 0.216. The lowest BCUT2D eigenvalue weighted by atomic mass is 10.2. The Morgan fingerprint density at radius 3 is 2.92 bits per heavy atom. The largest absolute Gasteiger partial charge is 0.485 e. The van der Waals surface area contributed by atoms with Crippen molar-refractivity contribution in [2.45, 2.75) is 6.61 Å². The van der Waals surface area contributed by atoms with Crippen molar-refractivity contribution in [1.29, 1.82) is 0 Å². The lowest BCUT2D eigenvalue weighted by Crippen LogP contribution is -2.13. The second kappa shape index (κ2) is 5.66. The van der Waals surface area contributed by atoms with Gasteiger partial charge in [-0.3, -0.25) is 4.79 Å². The Labute approximate surface area is 137 Å². The number of hydrogen-bond acceptors (Lipinski definition) is 4. The third-order valence-corrected chi connectivity index (χ3v) is 3.80. The van der Waals surface area contributed by atoms with Gasteiger partial charge in [0.2, 0.25) is 0 Å². The Kier molecular flexibility index (Phi) is 3.35. The topological polar surface area (TPSA) is 82.5 Å². The highest BCUT2D eigenvalue weighted by Crippen LogP contribution is 2.25. The molecule has 0 radical (unpaired) electrons. The predicted octanol–water partition coefficient (Wildman–Crippen LogP) is 2.56. The van der Waals surface area contributed by atoms with E-state index in [9.17, 15) is 4.79 Å². The van der Waals surface area contributed by atoms with E-state index in [0.717, 1.165) is 16.7 Å². The number of amides is 1. The Morgan fingerprint density at radius 2 is 2.04 bits per heavy atom. The van der Waals surface area contributed by atoms with E-state index >= 15 is 0 Å². The number of nitrogens with two attached hydrogens (primary N) is 1. The molecule has 3 aromatic heterocycles. The third-order valence-electron chi connectivity index (χ3n) is 3.80. The molecule has 0 unspecified atom stereocenters. The fourth-order valence-electron chi connectivity index (χ4n) is 2.62. The van der Waals surface area contributed by atoms with Crippen molar-refractivity contribution < 1.29 is 9.53 Å². The van der Waals surface area contributed by atoms with Crippen LogP contribution in [0.2, 0.25) is 0 Å². The molecule has 0 aliphatic rings. The van der Waals surface area contributed by atoms with Crippen LogP contribution < -0.4 is 10.5 Å². The van der Waals surface area contributed by atoms with Crippen molar-refractivity contribution >= 4 is 22.5 Å². The zero-order chi connectivity index (χ0) is 16.5. The van der Waals surface area contributed by atoms with Crippen LogP contribution in [0.15, 0.2) is 60.9 Å². The number of fused-ring (bicyclic) bond motifs is 2. The maximum absolute atomic E-state index is 11.4. The van der Waals surface area contributed by atoms with Gasteiger partial charge < -0.3 is 14.9 Å². The van der Waals surface area contributed by atoms with Crippen molar-refractivity contribution in [3.63, 3.8) is 0 Å². The molecule has 1 aromatic carbocycles. The number of primary amides is 1. The molecule has 0 saturated heterocycles. The Bertz CT molecular complexity index is 1060. The molecule has 6 heteroatoms. The molecular weight excluding hydrogens is 304 g/mol. The summed E-state index contributed by atoms with van der Waals surface area (Å²) < 4.78 is 7.90. The van der Waals surface area contributed by atoms with Gasteiger partial charge >= 0.3 is 0 Å². The summed E-state index contributed by atoms with van der Waals surface area (Å²) in [5.74, 6) is 0.0370. The average Bonchev–Trinajstić information content (AvgIpc) is 3.02. The summed E-state index contributed by atoms with van der Waals surface area (Å²) in [5, 5.41) is 0.885. The van der Waals surface area contributed by atoms with Crippen LogP contribution in [0.3, 0.4) is 0 Å². The number of carbonyl (C=O) groups excluding carboxylic acids is 1. The number of pyridine rings is 2. The maximum atomic E-state index is 11.4. The first kappa shape index (κ1) is 14.2. The quantitative estimate of drug-likeness (QED) is 0.627. The summed E-state index contributed by atoms with van der Waals surface area (Å²) in [7, 11) is 0. The Balaban J connectivity index is 1.69. The number of para-hydroxylation sites is 1. The molecule has 0 saturated carbocycles. The lowest BCUT2D eigenvalue weighted by molar-refractivity contribution is 0.0996. The number of carbonyl (C=O) groups is 1. The van der Waals surface area contributed by atoms with Crippen molar-refractivity contribution in [3.8, 4) is 5.75 Å². The molecule has 0 spiro atoms. The lowest BCUT2D eigenvalue weighted by Gasteiger charge is -2.09. The standard InChI is InChI=1S/C18H14N4O2/c19-18(23)14-8-7-12-4-3-5-15(17(12)21-14)24-11-13-10-20-16-6-1-2-9-22(13)16/h1-10H,11H2,(H2,19,23). The van der Waals surface area contributed by atoms with E-state index in [-0.39, 0.29) is 5.69 Å². The molecule has 0 atom stereocenters. The second-order valence-corrected chi connectivity index (χ2v) is 5.36. The van der Waals surface area contributed by atoms with E-state index in [1.54, 1.807) is 12.3 Å². The van der Waals surface area contributed by atoms with Gasteiger partial charge in [-0.1, -0.05) is 24.3 Å². The summed E-state index contributed by atoms with van der Waals surface area (Å²) in [6.45, 7) is 0.340. The molecule has 24 heavy (non-hydrogen) atoms. The first-order chi connectivity index (χ1) is 11.7. The number of rotatable bonds is 4. The molecule has 0 aliphatic heterocycles. The normalized spacial score (nSPS) is 11.0. The molecule has 0 bridgehead atoms. The molecule has 3 heterocycles. The molecular formula is C18H14N4O2. The van der Waals surface area contributed by atoms with Crippen LogP contribution in [-0.2, 0) is 6.61 Å². The highest BCUT2D eigenvalue weighted by Gasteiger charge is 2.09. The van der Waals surface area contributed by atoms with E-state index in [2.05, 4.69) is 9.97 Å². The van der Waals surface area contributed by atoms with Gasteiger partial charge in [-0.25, -0.2) is 9.97 Å². The van der Waals surface area contributed by atoms with Crippen LogP contribution >= 0.6 is 0 Å². The van der Waals surface area contributed by atoms with Crippen LogP contribution in [0.25, 0.3) is 16.6 Å². The summed E-state index contributed by atoms with van der Waals surface area (Å²) in [6, 6.07) is 14.9. The van der Waals surface area contributed by atoms with Crippen LogP contribution in [-0.4, -0.2) is 20.3 Å². The van der Waals surface area contributed by atoms with Crippen molar-refractivity contribution in [1.82, 2.24) is 14.4 Å². The fourth-order valence-corrected chi connectivity index (χ4v) is 2.62. The second-order valence-electron chi connectivity index (χ2n) is 5.36. The highest BCUT2D eigenvalue weighted by molar-refractivity contribution is 5.94. The first-order valence-corrected chi connectivity index (χ1v) is 7.46. The van der Waals surface area contributed by atoms with Crippen LogP contribution in [0.1, 0.15) is 16.2 Å². The van der Waals surface area contributed by atoms with E-state index in [1.807, 2.05) is 53.1 Å². The number of nitrogens with zero attached hydrogens (tertiary/aromatic N) is 3. The van der Waals surface area contributed by atoms with Crippen LogP contribution in [0.4, 0.5) is 0 Å².